The lowest BCUT2D eigenvalue weighted by atomic mass is 10.1. The van der Waals surface area contributed by atoms with Crippen molar-refractivity contribution in [3.05, 3.63) is 65.2 Å². The maximum Gasteiger partial charge on any atom is 0.262 e. The molecule has 35 heavy (non-hydrogen) atoms. The highest BCUT2D eigenvalue weighted by Crippen LogP contribution is 2.29. The minimum absolute atomic E-state index is 0.0694. The number of anilines is 1. The van der Waals surface area contributed by atoms with Crippen LogP contribution in [0, 0.1) is 0 Å². The Morgan fingerprint density at radius 1 is 1.03 bits per heavy atom. The highest BCUT2D eigenvalue weighted by Gasteiger charge is 2.33. The smallest absolute Gasteiger partial charge is 0.262 e. The predicted octanol–water partition coefficient (Wildman–Crippen LogP) is 3.10. The first-order valence-electron chi connectivity index (χ1n) is 11.8. The number of benzene rings is 2. The quantitative estimate of drug-likeness (QED) is 0.587. The van der Waals surface area contributed by atoms with Gasteiger partial charge in [0, 0.05) is 43.9 Å². The normalized spacial score (nSPS) is 17.6. The number of amides is 3. The molecule has 2 heterocycles. The summed E-state index contributed by atoms with van der Waals surface area (Å²) in [7, 11) is 4.06. The average molecular weight is 494 g/mol. The van der Waals surface area contributed by atoms with Gasteiger partial charge in [-0.1, -0.05) is 36.0 Å². The summed E-state index contributed by atoms with van der Waals surface area (Å²) in [6.45, 7) is 3.15. The second-order valence-electron chi connectivity index (χ2n) is 9.10. The van der Waals surface area contributed by atoms with E-state index < -0.39 is 5.25 Å². The zero-order valence-corrected chi connectivity index (χ0v) is 20.9. The van der Waals surface area contributed by atoms with E-state index in [1.165, 1.54) is 17.3 Å². The van der Waals surface area contributed by atoms with Crippen LogP contribution < -0.4 is 10.6 Å². The number of hydrogen-bond acceptors (Lipinski definition) is 6. The fourth-order valence-electron chi connectivity index (χ4n) is 4.05. The molecule has 2 N–H and O–H groups in total. The van der Waals surface area contributed by atoms with Crippen molar-refractivity contribution in [3.8, 4) is 0 Å². The molecule has 1 saturated heterocycles. The molecule has 2 aliphatic rings. The number of carbonyl (C=O) groups is 3. The maximum atomic E-state index is 12.5. The van der Waals surface area contributed by atoms with Crippen LogP contribution in [-0.4, -0.2) is 65.1 Å². The molecule has 1 atom stereocenters. The number of hydrogen-bond donors (Lipinski definition) is 2. The van der Waals surface area contributed by atoms with E-state index in [1.807, 2.05) is 26.2 Å². The number of nitrogens with zero attached hydrogens (tertiary/aromatic N) is 3. The summed E-state index contributed by atoms with van der Waals surface area (Å²) in [6.07, 6.45) is 2.29. The van der Waals surface area contributed by atoms with Gasteiger partial charge in [-0.3, -0.25) is 14.4 Å². The topological polar surface area (TPSA) is 94.1 Å². The van der Waals surface area contributed by atoms with Gasteiger partial charge in [-0.15, -0.1) is 0 Å². The van der Waals surface area contributed by atoms with E-state index >= 15 is 0 Å². The zero-order chi connectivity index (χ0) is 24.8. The van der Waals surface area contributed by atoms with E-state index in [0.717, 1.165) is 43.2 Å². The molecule has 3 amide bonds. The van der Waals surface area contributed by atoms with Crippen LogP contribution in [0.5, 0.6) is 0 Å². The zero-order valence-electron chi connectivity index (χ0n) is 20.1. The van der Waals surface area contributed by atoms with Crippen molar-refractivity contribution >= 4 is 40.3 Å². The van der Waals surface area contributed by atoms with Gasteiger partial charge in [0.15, 0.2) is 5.17 Å². The van der Waals surface area contributed by atoms with Crippen molar-refractivity contribution in [2.75, 3.05) is 32.5 Å². The Labute approximate surface area is 210 Å². The fraction of sp³-hybridized carbons (Fsp3) is 0.385. The van der Waals surface area contributed by atoms with E-state index in [1.54, 1.807) is 24.3 Å². The summed E-state index contributed by atoms with van der Waals surface area (Å²) in [4.78, 5) is 45.6. The standard InChI is InChI=1S/C26H31N5O3S/c1-30(2)17-19-7-5-18(6-8-19)16-27-24(33)20-9-11-21(12-10-20)28-23(32)15-22-25(34)29-26(35-22)31-13-3-4-14-31/h5-12,22H,3-4,13-17H2,1-2H3,(H,27,33)(H,28,32). The molecule has 0 aromatic heterocycles. The lowest BCUT2D eigenvalue weighted by Gasteiger charge is -2.16. The second kappa shape index (κ2) is 11.5. The Morgan fingerprint density at radius 2 is 1.69 bits per heavy atom. The third-order valence-corrected chi connectivity index (χ3v) is 7.10. The number of thioether (sulfide) groups is 1. The van der Waals surface area contributed by atoms with E-state index in [-0.39, 0.29) is 24.1 Å². The summed E-state index contributed by atoms with van der Waals surface area (Å²) in [5.41, 5.74) is 3.34. The molecule has 0 aliphatic carbocycles. The van der Waals surface area contributed by atoms with Crippen LogP contribution in [-0.2, 0) is 22.7 Å². The molecule has 0 saturated carbocycles. The first kappa shape index (κ1) is 24.9. The van der Waals surface area contributed by atoms with Gasteiger partial charge in [0.1, 0.15) is 5.25 Å². The Kier molecular flexibility index (Phi) is 8.20. The van der Waals surface area contributed by atoms with Crippen LogP contribution >= 0.6 is 11.8 Å². The number of carbonyl (C=O) groups excluding carboxylic acids is 3. The van der Waals surface area contributed by atoms with Crippen LogP contribution in [0.1, 0.15) is 40.7 Å². The van der Waals surface area contributed by atoms with Crippen molar-refractivity contribution in [1.82, 2.24) is 15.1 Å². The summed E-state index contributed by atoms with van der Waals surface area (Å²) in [5.74, 6) is -0.671. The Balaban J connectivity index is 1.23. The molecular weight excluding hydrogens is 462 g/mol. The molecule has 0 spiro atoms. The highest BCUT2D eigenvalue weighted by molar-refractivity contribution is 8.15. The molecule has 2 aromatic rings. The predicted molar refractivity (Wildman–Crippen MR) is 139 cm³/mol. The van der Waals surface area contributed by atoms with E-state index in [9.17, 15) is 14.4 Å². The van der Waals surface area contributed by atoms with Crippen LogP contribution in [0.15, 0.2) is 53.5 Å². The van der Waals surface area contributed by atoms with Crippen molar-refractivity contribution in [1.29, 1.82) is 0 Å². The van der Waals surface area contributed by atoms with Gasteiger partial charge in [-0.05, 0) is 62.3 Å². The van der Waals surface area contributed by atoms with Gasteiger partial charge < -0.3 is 20.4 Å². The van der Waals surface area contributed by atoms with Crippen LogP contribution in [0.3, 0.4) is 0 Å². The highest BCUT2D eigenvalue weighted by atomic mass is 32.2. The molecule has 2 aromatic carbocycles. The monoisotopic (exact) mass is 493 g/mol. The number of amidine groups is 1. The summed E-state index contributed by atoms with van der Waals surface area (Å²) < 4.78 is 0. The molecule has 184 valence electrons. The van der Waals surface area contributed by atoms with Gasteiger partial charge in [0.05, 0.1) is 0 Å². The van der Waals surface area contributed by atoms with Crippen LogP contribution in [0.25, 0.3) is 0 Å². The summed E-state index contributed by atoms with van der Waals surface area (Å²) in [6, 6.07) is 14.9. The lowest BCUT2D eigenvalue weighted by Crippen LogP contribution is -2.25. The van der Waals surface area contributed by atoms with Crippen molar-refractivity contribution in [2.45, 2.75) is 37.6 Å². The van der Waals surface area contributed by atoms with Gasteiger partial charge in [0.25, 0.3) is 11.8 Å². The molecule has 4 rings (SSSR count). The Bertz CT molecular complexity index is 1090. The van der Waals surface area contributed by atoms with E-state index in [2.05, 4.69) is 37.6 Å². The fourth-order valence-corrected chi connectivity index (χ4v) is 5.17. The molecule has 0 radical (unpaired) electrons. The third-order valence-electron chi connectivity index (χ3n) is 5.88. The van der Waals surface area contributed by atoms with Crippen molar-refractivity contribution in [3.63, 3.8) is 0 Å². The average Bonchev–Trinajstić information content (AvgIpc) is 3.49. The van der Waals surface area contributed by atoms with Crippen LogP contribution in [0.2, 0.25) is 0 Å². The molecule has 9 heteroatoms. The first-order valence-corrected chi connectivity index (χ1v) is 12.7. The van der Waals surface area contributed by atoms with Gasteiger partial charge in [-0.2, -0.15) is 4.99 Å². The molecular formula is C26H31N5O3S. The number of likely N-dealkylation sites (tertiary alicyclic amines) is 1. The van der Waals surface area contributed by atoms with E-state index in [0.29, 0.717) is 17.8 Å². The third kappa shape index (κ3) is 6.93. The summed E-state index contributed by atoms with van der Waals surface area (Å²) in [5, 5.41) is 6.00. The molecule has 2 aliphatic heterocycles. The van der Waals surface area contributed by atoms with Gasteiger partial charge in [-0.25, -0.2) is 0 Å². The van der Waals surface area contributed by atoms with Crippen LogP contribution in [0.4, 0.5) is 5.69 Å². The first-order chi connectivity index (χ1) is 16.9. The van der Waals surface area contributed by atoms with E-state index in [4.69, 9.17) is 0 Å². The Hall–Kier alpha value is -3.17. The number of nitrogens with one attached hydrogen (secondary N) is 2. The number of aliphatic imine (C=N–C) groups is 1. The molecule has 1 fully saturated rings. The van der Waals surface area contributed by atoms with Gasteiger partial charge >= 0.3 is 0 Å². The minimum Gasteiger partial charge on any atom is -0.351 e. The molecule has 8 nitrogen and oxygen atoms in total. The number of rotatable bonds is 8. The van der Waals surface area contributed by atoms with Crippen molar-refractivity contribution in [2.24, 2.45) is 4.99 Å². The minimum atomic E-state index is -0.479. The Morgan fingerprint density at radius 3 is 2.34 bits per heavy atom. The SMILES string of the molecule is CN(C)Cc1ccc(CNC(=O)c2ccc(NC(=O)CC3SC(N4CCCC4)=NC3=O)cc2)cc1. The maximum absolute atomic E-state index is 12.5. The van der Waals surface area contributed by atoms with Gasteiger partial charge in [0.2, 0.25) is 5.91 Å². The largest absolute Gasteiger partial charge is 0.351 e. The molecule has 0 bridgehead atoms. The molecule has 1 unspecified atom stereocenters. The summed E-state index contributed by atoms with van der Waals surface area (Å²) >= 11 is 1.38. The second-order valence-corrected chi connectivity index (χ2v) is 10.3. The van der Waals surface area contributed by atoms with Crippen molar-refractivity contribution < 1.29 is 14.4 Å². The lowest BCUT2D eigenvalue weighted by molar-refractivity contribution is -0.121.